The molecule has 5 nitrogen and oxygen atoms in total. The predicted octanol–water partition coefficient (Wildman–Crippen LogP) is 3.46. The van der Waals surface area contributed by atoms with E-state index in [4.69, 9.17) is 4.74 Å². The highest BCUT2D eigenvalue weighted by atomic mass is 16.6. The van der Waals surface area contributed by atoms with Gasteiger partial charge in [-0.3, -0.25) is 4.90 Å². The van der Waals surface area contributed by atoms with Crippen LogP contribution in [0, 0.1) is 0 Å². The number of aromatic nitrogens is 2. The Hall–Kier alpha value is -1.78. The molecule has 1 aromatic rings. The molecule has 1 aromatic heterocycles. The average Bonchev–Trinajstić information content (AvgIpc) is 2.94. The second-order valence-corrected chi connectivity index (χ2v) is 6.43. The van der Waals surface area contributed by atoms with E-state index in [2.05, 4.69) is 16.5 Å². The van der Waals surface area contributed by atoms with E-state index < -0.39 is 11.1 Å². The van der Waals surface area contributed by atoms with Crippen LogP contribution in [0.1, 0.15) is 47.8 Å². The molecule has 112 valence electrons. The van der Waals surface area contributed by atoms with E-state index in [9.17, 15) is 4.79 Å². The van der Waals surface area contributed by atoms with Gasteiger partial charge in [-0.05, 0) is 40.5 Å². The van der Waals surface area contributed by atoms with E-state index in [1.54, 1.807) is 17.3 Å². The molecule has 0 aromatic carbocycles. The number of nitrogens with one attached hydrogen (secondary N) is 1. The van der Waals surface area contributed by atoms with Crippen LogP contribution in [0.15, 0.2) is 19.0 Å². The van der Waals surface area contributed by atoms with Gasteiger partial charge in [0.2, 0.25) is 0 Å². The molecule has 5 heteroatoms. The first-order chi connectivity index (χ1) is 9.24. The molecule has 1 saturated heterocycles. The van der Waals surface area contributed by atoms with Crippen molar-refractivity contribution in [2.24, 2.45) is 0 Å². The van der Waals surface area contributed by atoms with E-state index in [1.807, 2.05) is 27.7 Å². The van der Waals surface area contributed by atoms with Gasteiger partial charge in [-0.15, -0.1) is 0 Å². The van der Waals surface area contributed by atoms with Crippen LogP contribution in [0.4, 0.5) is 4.79 Å². The van der Waals surface area contributed by atoms with Crippen LogP contribution < -0.4 is 0 Å². The minimum Gasteiger partial charge on any atom is -0.444 e. The number of hydrogen-bond acceptors (Lipinski definition) is 3. The lowest BCUT2D eigenvalue weighted by atomic mass is 9.89. The standard InChI is InChI=1S/C15H23N3O2.H2/c1-11(12-16-8-9-17-12)15(5)7-6-10-18(15)13(19)20-14(2,3)4;/h8-9H,1,6-7,10H2,2-5H3,(H,16,17);1H/t15-;/m1./s1. The lowest BCUT2D eigenvalue weighted by Gasteiger charge is -2.37. The molecule has 2 rings (SSSR count). The molecular formula is C15H25N3O2. The minimum absolute atomic E-state index is 0. The fourth-order valence-corrected chi connectivity index (χ4v) is 2.57. The summed E-state index contributed by atoms with van der Waals surface area (Å²) in [7, 11) is 0. The number of nitrogens with zero attached hydrogens (tertiary/aromatic N) is 2. The summed E-state index contributed by atoms with van der Waals surface area (Å²) >= 11 is 0. The zero-order valence-electron chi connectivity index (χ0n) is 12.7. The second-order valence-electron chi connectivity index (χ2n) is 6.43. The molecule has 1 aliphatic rings. The summed E-state index contributed by atoms with van der Waals surface area (Å²) in [5.74, 6) is 0.725. The monoisotopic (exact) mass is 279 g/mol. The van der Waals surface area contributed by atoms with Crippen molar-refractivity contribution in [2.75, 3.05) is 6.54 Å². The third kappa shape index (κ3) is 2.71. The third-order valence-corrected chi connectivity index (χ3v) is 3.69. The highest BCUT2D eigenvalue weighted by Gasteiger charge is 2.44. The Bertz CT molecular complexity index is 507. The Balaban J connectivity index is 0.00000220. The molecule has 1 N–H and O–H groups in total. The normalized spacial score (nSPS) is 22.9. The largest absolute Gasteiger partial charge is 0.444 e. The van der Waals surface area contributed by atoms with Gasteiger partial charge in [0.05, 0.1) is 5.54 Å². The Morgan fingerprint density at radius 1 is 1.60 bits per heavy atom. The first-order valence-electron chi connectivity index (χ1n) is 6.94. The van der Waals surface area contributed by atoms with Gasteiger partial charge < -0.3 is 9.72 Å². The molecule has 1 atom stereocenters. The van der Waals surface area contributed by atoms with Crippen molar-refractivity contribution in [2.45, 2.75) is 51.7 Å². The highest BCUT2D eigenvalue weighted by Crippen LogP contribution is 2.39. The number of imidazole rings is 1. The Morgan fingerprint density at radius 2 is 2.30 bits per heavy atom. The molecule has 1 amide bonds. The van der Waals surface area contributed by atoms with Crippen LogP contribution in [-0.2, 0) is 4.74 Å². The van der Waals surface area contributed by atoms with Crippen LogP contribution in [0.2, 0.25) is 0 Å². The van der Waals surface area contributed by atoms with Crippen molar-refractivity contribution in [1.29, 1.82) is 0 Å². The van der Waals surface area contributed by atoms with Crippen molar-refractivity contribution in [1.82, 2.24) is 14.9 Å². The molecule has 0 unspecified atom stereocenters. The number of carbonyl (C=O) groups excluding carboxylic acids is 1. The number of carbonyl (C=O) groups is 1. The predicted molar refractivity (Wildman–Crippen MR) is 80.3 cm³/mol. The van der Waals surface area contributed by atoms with Crippen LogP contribution in [0.25, 0.3) is 5.57 Å². The van der Waals surface area contributed by atoms with Crippen LogP contribution in [0.3, 0.4) is 0 Å². The summed E-state index contributed by atoms with van der Waals surface area (Å²) in [5, 5.41) is 0. The summed E-state index contributed by atoms with van der Waals surface area (Å²) in [4.78, 5) is 21.4. The average molecular weight is 279 g/mol. The highest BCUT2D eigenvalue weighted by molar-refractivity contribution is 5.77. The number of H-pyrrole nitrogens is 1. The number of likely N-dealkylation sites (tertiary alicyclic amines) is 1. The summed E-state index contributed by atoms with van der Waals surface area (Å²) in [6.07, 6.45) is 4.97. The summed E-state index contributed by atoms with van der Waals surface area (Å²) in [6.45, 7) is 12.5. The maximum Gasteiger partial charge on any atom is 0.411 e. The number of aromatic amines is 1. The van der Waals surface area contributed by atoms with Gasteiger partial charge in [-0.25, -0.2) is 9.78 Å². The lowest BCUT2D eigenvalue weighted by Crippen LogP contribution is -2.47. The first kappa shape index (κ1) is 14.6. The van der Waals surface area contributed by atoms with Gasteiger partial charge in [0, 0.05) is 25.9 Å². The van der Waals surface area contributed by atoms with Crippen LogP contribution >= 0.6 is 0 Å². The Labute approximate surface area is 121 Å². The van der Waals surface area contributed by atoms with Crippen molar-refractivity contribution in [3.8, 4) is 0 Å². The van der Waals surface area contributed by atoms with Gasteiger partial charge in [0.1, 0.15) is 11.4 Å². The molecule has 20 heavy (non-hydrogen) atoms. The Morgan fingerprint density at radius 3 is 2.85 bits per heavy atom. The van der Waals surface area contributed by atoms with Crippen LogP contribution in [0.5, 0.6) is 0 Å². The van der Waals surface area contributed by atoms with Gasteiger partial charge in [-0.1, -0.05) is 6.58 Å². The number of amides is 1. The molecule has 0 spiro atoms. The maximum atomic E-state index is 12.4. The van der Waals surface area contributed by atoms with Gasteiger partial charge >= 0.3 is 6.09 Å². The molecule has 0 aliphatic carbocycles. The fraction of sp³-hybridized carbons (Fsp3) is 0.600. The van der Waals surface area contributed by atoms with Gasteiger partial charge in [0.25, 0.3) is 0 Å². The number of rotatable bonds is 2. The van der Waals surface area contributed by atoms with Crippen molar-refractivity contribution >= 4 is 11.7 Å². The summed E-state index contributed by atoms with van der Waals surface area (Å²) in [5.41, 5.74) is -0.113. The minimum atomic E-state index is -0.493. The molecule has 0 bridgehead atoms. The second kappa shape index (κ2) is 4.96. The molecule has 2 heterocycles. The summed E-state index contributed by atoms with van der Waals surface area (Å²) in [6, 6.07) is 0. The Kier molecular flexibility index (Phi) is 3.63. The summed E-state index contributed by atoms with van der Waals surface area (Å²) < 4.78 is 5.50. The lowest BCUT2D eigenvalue weighted by molar-refractivity contribution is 0.0179. The van der Waals surface area contributed by atoms with Crippen molar-refractivity contribution < 1.29 is 11.0 Å². The quantitative estimate of drug-likeness (QED) is 0.902. The van der Waals surface area contributed by atoms with E-state index in [1.165, 1.54) is 0 Å². The van der Waals surface area contributed by atoms with Gasteiger partial charge in [0.15, 0.2) is 0 Å². The molecule has 0 radical (unpaired) electrons. The zero-order valence-corrected chi connectivity index (χ0v) is 12.7. The van der Waals surface area contributed by atoms with E-state index >= 15 is 0 Å². The zero-order chi connectivity index (χ0) is 15.0. The number of ether oxygens (including phenoxy) is 1. The van der Waals surface area contributed by atoms with Gasteiger partial charge in [-0.2, -0.15) is 0 Å². The molecular weight excluding hydrogens is 254 g/mol. The number of hydrogen-bond donors (Lipinski definition) is 1. The smallest absolute Gasteiger partial charge is 0.411 e. The third-order valence-electron chi connectivity index (χ3n) is 3.69. The van der Waals surface area contributed by atoms with E-state index in [-0.39, 0.29) is 7.52 Å². The maximum absolute atomic E-state index is 12.4. The topological polar surface area (TPSA) is 58.2 Å². The molecule has 0 saturated carbocycles. The van der Waals surface area contributed by atoms with Crippen molar-refractivity contribution in [3.05, 3.63) is 24.8 Å². The molecule has 1 aliphatic heterocycles. The van der Waals surface area contributed by atoms with Crippen molar-refractivity contribution in [3.63, 3.8) is 0 Å². The van der Waals surface area contributed by atoms with E-state index in [0.717, 1.165) is 24.2 Å². The SMILES string of the molecule is C=C(c1ncc[nH]1)[C@@]1(C)CCCN1C(=O)OC(C)(C)C.[HH]. The first-order valence-corrected chi connectivity index (χ1v) is 6.94. The van der Waals surface area contributed by atoms with E-state index in [0.29, 0.717) is 6.54 Å². The molecule has 1 fully saturated rings. The fourth-order valence-electron chi connectivity index (χ4n) is 2.57. The van der Waals surface area contributed by atoms with Crippen LogP contribution in [-0.4, -0.2) is 38.6 Å².